The maximum absolute atomic E-state index is 12.8. The molecular formula is C24H25BrN2O4S. The smallest absolute Gasteiger partial charge is 0.261 e. The van der Waals surface area contributed by atoms with Gasteiger partial charge in [0.1, 0.15) is 5.75 Å². The number of anilines is 2. The summed E-state index contributed by atoms with van der Waals surface area (Å²) in [5.74, 6) is 0.144. The number of amides is 1. The van der Waals surface area contributed by atoms with Crippen LogP contribution < -0.4 is 14.8 Å². The summed E-state index contributed by atoms with van der Waals surface area (Å²) in [7, 11) is -3.76. The minimum absolute atomic E-state index is 0.102. The van der Waals surface area contributed by atoms with E-state index in [2.05, 4.69) is 26.0 Å². The Balaban J connectivity index is 1.76. The predicted octanol–water partition coefficient (Wildman–Crippen LogP) is 5.91. The molecule has 6 nitrogen and oxygen atoms in total. The van der Waals surface area contributed by atoms with Gasteiger partial charge in [-0.1, -0.05) is 40.5 Å². The molecule has 0 heterocycles. The maximum Gasteiger partial charge on any atom is 0.261 e. The van der Waals surface area contributed by atoms with E-state index in [4.69, 9.17) is 4.74 Å². The fraction of sp³-hybridized carbons (Fsp3) is 0.208. The van der Waals surface area contributed by atoms with Crippen molar-refractivity contribution in [1.29, 1.82) is 0 Å². The van der Waals surface area contributed by atoms with Gasteiger partial charge in [-0.2, -0.15) is 0 Å². The molecule has 0 aliphatic carbocycles. The Labute approximate surface area is 197 Å². The Hall–Kier alpha value is -2.84. The van der Waals surface area contributed by atoms with Crippen LogP contribution in [-0.4, -0.2) is 20.9 Å². The molecule has 0 spiro atoms. The van der Waals surface area contributed by atoms with E-state index in [-0.39, 0.29) is 10.8 Å². The predicted molar refractivity (Wildman–Crippen MR) is 131 cm³/mol. The molecule has 0 aliphatic heterocycles. The Kier molecular flexibility index (Phi) is 7.58. The van der Waals surface area contributed by atoms with Crippen molar-refractivity contribution in [2.75, 3.05) is 16.6 Å². The second-order valence-electron chi connectivity index (χ2n) is 7.39. The molecule has 1 amide bonds. The number of hydrogen-bond donors (Lipinski definition) is 2. The molecule has 3 rings (SSSR count). The molecule has 0 fully saturated rings. The number of rotatable bonds is 8. The second kappa shape index (κ2) is 10.2. The first kappa shape index (κ1) is 23.8. The molecule has 3 aromatic rings. The van der Waals surface area contributed by atoms with Crippen molar-refractivity contribution in [3.8, 4) is 5.75 Å². The molecule has 0 saturated carbocycles. The summed E-state index contributed by atoms with van der Waals surface area (Å²) in [6.45, 7) is 6.29. The van der Waals surface area contributed by atoms with Gasteiger partial charge in [-0.15, -0.1) is 0 Å². The Morgan fingerprint density at radius 1 is 1.00 bits per heavy atom. The van der Waals surface area contributed by atoms with Crippen molar-refractivity contribution < 1.29 is 17.9 Å². The summed E-state index contributed by atoms with van der Waals surface area (Å²) >= 11 is 3.38. The highest BCUT2D eigenvalue weighted by atomic mass is 79.9. The van der Waals surface area contributed by atoms with Gasteiger partial charge < -0.3 is 10.1 Å². The molecule has 0 radical (unpaired) electrons. The van der Waals surface area contributed by atoms with Crippen LogP contribution in [0.1, 0.15) is 34.8 Å². The van der Waals surface area contributed by atoms with E-state index >= 15 is 0 Å². The van der Waals surface area contributed by atoms with E-state index in [0.717, 1.165) is 22.0 Å². The van der Waals surface area contributed by atoms with Gasteiger partial charge in [0.2, 0.25) is 0 Å². The third-order valence-electron chi connectivity index (χ3n) is 4.70. The zero-order valence-corrected chi connectivity index (χ0v) is 20.5. The number of carbonyl (C=O) groups excluding carboxylic acids is 1. The first-order chi connectivity index (χ1) is 15.2. The number of sulfonamides is 1. The van der Waals surface area contributed by atoms with Crippen molar-refractivity contribution in [2.24, 2.45) is 0 Å². The molecule has 3 aromatic carbocycles. The lowest BCUT2D eigenvalue weighted by molar-refractivity contribution is 0.102. The van der Waals surface area contributed by atoms with Crippen molar-refractivity contribution in [1.82, 2.24) is 0 Å². The molecule has 32 heavy (non-hydrogen) atoms. The maximum atomic E-state index is 12.8. The van der Waals surface area contributed by atoms with Crippen LogP contribution in [0.3, 0.4) is 0 Å². The van der Waals surface area contributed by atoms with Gasteiger partial charge in [0.25, 0.3) is 15.9 Å². The molecule has 0 unspecified atom stereocenters. The molecular weight excluding hydrogens is 492 g/mol. The van der Waals surface area contributed by atoms with Gasteiger partial charge in [0.05, 0.1) is 22.8 Å². The quantitative estimate of drug-likeness (QED) is 0.389. The molecule has 0 bridgehead atoms. The summed E-state index contributed by atoms with van der Waals surface area (Å²) in [5, 5.41) is 2.79. The highest BCUT2D eigenvalue weighted by Gasteiger charge is 2.17. The summed E-state index contributed by atoms with van der Waals surface area (Å²) in [6.07, 6.45) is 0.823. The first-order valence-electron chi connectivity index (χ1n) is 10.1. The van der Waals surface area contributed by atoms with Gasteiger partial charge in [0, 0.05) is 10.2 Å². The Morgan fingerprint density at radius 3 is 2.38 bits per heavy atom. The lowest BCUT2D eigenvalue weighted by Crippen LogP contribution is -2.15. The van der Waals surface area contributed by atoms with Gasteiger partial charge in [0.15, 0.2) is 0 Å². The number of halogens is 1. The largest absolute Gasteiger partial charge is 0.493 e. The van der Waals surface area contributed by atoms with Crippen LogP contribution in [-0.2, 0) is 10.0 Å². The van der Waals surface area contributed by atoms with Gasteiger partial charge in [-0.05, 0) is 74.4 Å². The van der Waals surface area contributed by atoms with E-state index in [9.17, 15) is 13.2 Å². The molecule has 2 N–H and O–H groups in total. The molecule has 0 saturated heterocycles. The number of benzene rings is 3. The summed E-state index contributed by atoms with van der Waals surface area (Å²) < 4.78 is 34.5. The Bertz CT molecular complexity index is 1230. The molecule has 168 valence electrons. The van der Waals surface area contributed by atoms with Crippen LogP contribution in [0.2, 0.25) is 0 Å². The van der Waals surface area contributed by atoms with E-state index in [1.165, 1.54) is 12.1 Å². The van der Waals surface area contributed by atoms with E-state index in [1.807, 2.05) is 39.0 Å². The van der Waals surface area contributed by atoms with Crippen LogP contribution in [0.4, 0.5) is 11.4 Å². The van der Waals surface area contributed by atoms with Crippen LogP contribution >= 0.6 is 15.9 Å². The number of hydrogen-bond acceptors (Lipinski definition) is 4. The minimum atomic E-state index is -3.76. The summed E-state index contributed by atoms with van der Waals surface area (Å²) in [6, 6.07) is 16.8. The van der Waals surface area contributed by atoms with E-state index in [1.54, 1.807) is 30.3 Å². The lowest BCUT2D eigenvalue weighted by atomic mass is 10.1. The summed E-state index contributed by atoms with van der Waals surface area (Å²) in [5.41, 5.74) is 3.29. The highest BCUT2D eigenvalue weighted by molar-refractivity contribution is 9.10. The fourth-order valence-electron chi connectivity index (χ4n) is 3.07. The second-order valence-corrected chi connectivity index (χ2v) is 9.99. The third-order valence-corrected chi connectivity index (χ3v) is 6.57. The number of aryl methyl sites for hydroxylation is 2. The monoisotopic (exact) mass is 516 g/mol. The average molecular weight is 517 g/mol. The normalized spacial score (nSPS) is 11.1. The molecule has 0 aliphatic rings. The van der Waals surface area contributed by atoms with Crippen LogP contribution in [0.25, 0.3) is 0 Å². The fourth-order valence-corrected chi connectivity index (χ4v) is 4.56. The minimum Gasteiger partial charge on any atom is -0.493 e. The topological polar surface area (TPSA) is 84.5 Å². The van der Waals surface area contributed by atoms with Crippen molar-refractivity contribution in [2.45, 2.75) is 32.1 Å². The van der Waals surface area contributed by atoms with Gasteiger partial charge in [-0.25, -0.2) is 8.42 Å². The zero-order valence-electron chi connectivity index (χ0n) is 18.1. The number of nitrogens with one attached hydrogen (secondary N) is 2. The lowest BCUT2D eigenvalue weighted by Gasteiger charge is -2.13. The van der Waals surface area contributed by atoms with Crippen LogP contribution in [0.15, 0.2) is 70.0 Å². The molecule has 8 heteroatoms. The number of carbonyl (C=O) groups is 1. The van der Waals surface area contributed by atoms with E-state index < -0.39 is 10.0 Å². The van der Waals surface area contributed by atoms with E-state index in [0.29, 0.717) is 29.3 Å². The first-order valence-corrected chi connectivity index (χ1v) is 12.4. The van der Waals surface area contributed by atoms with Gasteiger partial charge >= 0.3 is 0 Å². The standard InChI is InChI=1S/C24H25BrN2O4S/c1-4-13-31-23-12-6-18(25)15-21(23)24(28)26-19-7-9-20(10-8-19)32(29,30)27-22-11-5-16(2)14-17(22)3/h5-12,14-15,27H,4,13H2,1-3H3,(H,26,28). The SMILES string of the molecule is CCCOc1ccc(Br)cc1C(=O)Nc1ccc(S(=O)(=O)Nc2ccc(C)cc2C)cc1. The van der Waals surface area contributed by atoms with Crippen LogP contribution in [0.5, 0.6) is 5.75 Å². The van der Waals surface area contributed by atoms with Crippen molar-refractivity contribution >= 4 is 43.2 Å². The third kappa shape index (κ3) is 5.89. The van der Waals surface area contributed by atoms with Crippen molar-refractivity contribution in [3.05, 3.63) is 81.8 Å². The van der Waals surface area contributed by atoms with Crippen LogP contribution in [0, 0.1) is 13.8 Å². The molecule has 0 aromatic heterocycles. The molecule has 0 atom stereocenters. The Morgan fingerprint density at radius 2 is 1.72 bits per heavy atom. The summed E-state index contributed by atoms with van der Waals surface area (Å²) in [4.78, 5) is 12.9. The average Bonchev–Trinajstić information content (AvgIpc) is 2.75. The number of ether oxygens (including phenoxy) is 1. The zero-order chi connectivity index (χ0) is 23.3. The highest BCUT2D eigenvalue weighted by Crippen LogP contribution is 2.26. The van der Waals surface area contributed by atoms with Gasteiger partial charge in [-0.3, -0.25) is 9.52 Å². The van der Waals surface area contributed by atoms with Crippen molar-refractivity contribution in [3.63, 3.8) is 0 Å².